The van der Waals surface area contributed by atoms with Crippen LogP contribution < -0.4 is 20.1 Å². The zero-order valence-electron chi connectivity index (χ0n) is 24.1. The fourth-order valence-electron chi connectivity index (χ4n) is 4.42. The van der Waals surface area contributed by atoms with E-state index in [9.17, 15) is 9.59 Å². The van der Waals surface area contributed by atoms with Gasteiger partial charge in [-0.05, 0) is 91.8 Å². The molecule has 0 radical (unpaired) electrons. The molecule has 2 atom stereocenters. The molecule has 0 aromatic heterocycles. The Morgan fingerprint density at radius 3 is 1.29 bits per heavy atom. The van der Waals surface area contributed by atoms with E-state index in [-0.39, 0.29) is 11.8 Å². The molecule has 6 nitrogen and oxygen atoms in total. The number of hydrogen-bond acceptors (Lipinski definition) is 4. The summed E-state index contributed by atoms with van der Waals surface area (Å²) in [5.41, 5.74) is 5.66. The second kappa shape index (κ2) is 14.2. The van der Waals surface area contributed by atoms with E-state index in [0.29, 0.717) is 12.8 Å². The lowest BCUT2D eigenvalue weighted by molar-refractivity contribution is -0.123. The summed E-state index contributed by atoms with van der Waals surface area (Å²) >= 11 is 0. The minimum Gasteiger partial charge on any atom is -0.480 e. The largest absolute Gasteiger partial charge is 0.480 e. The van der Waals surface area contributed by atoms with Crippen LogP contribution >= 0.6 is 0 Å². The smallest absolute Gasteiger partial charge is 0.265 e. The van der Waals surface area contributed by atoms with Gasteiger partial charge in [0.05, 0.1) is 0 Å². The van der Waals surface area contributed by atoms with Gasteiger partial charge in [0.2, 0.25) is 0 Å². The first-order chi connectivity index (χ1) is 19.9. The van der Waals surface area contributed by atoms with E-state index in [4.69, 9.17) is 9.47 Å². The van der Waals surface area contributed by atoms with Gasteiger partial charge in [-0.1, -0.05) is 74.5 Å². The van der Waals surface area contributed by atoms with E-state index in [0.717, 1.165) is 51.5 Å². The van der Waals surface area contributed by atoms with Crippen LogP contribution in [0.3, 0.4) is 0 Å². The number of amides is 2. The molecule has 0 spiro atoms. The Morgan fingerprint density at radius 2 is 0.951 bits per heavy atom. The van der Waals surface area contributed by atoms with Gasteiger partial charge in [0, 0.05) is 11.4 Å². The molecule has 41 heavy (non-hydrogen) atoms. The maximum absolute atomic E-state index is 12.8. The van der Waals surface area contributed by atoms with Crippen LogP contribution in [0.1, 0.15) is 48.9 Å². The Balaban J connectivity index is 1.30. The van der Waals surface area contributed by atoms with Crippen molar-refractivity contribution in [3.63, 3.8) is 0 Å². The van der Waals surface area contributed by atoms with E-state index in [1.807, 2.05) is 125 Å². The van der Waals surface area contributed by atoms with Crippen LogP contribution in [0.4, 0.5) is 11.4 Å². The lowest BCUT2D eigenvalue weighted by Crippen LogP contribution is -2.32. The third kappa shape index (κ3) is 8.21. The maximum atomic E-state index is 12.8. The van der Waals surface area contributed by atoms with Crippen molar-refractivity contribution in [3.8, 4) is 11.5 Å². The molecule has 0 saturated heterocycles. The summed E-state index contributed by atoms with van der Waals surface area (Å²) in [7, 11) is 0. The van der Waals surface area contributed by atoms with Gasteiger partial charge in [0.25, 0.3) is 11.8 Å². The minimum atomic E-state index is -0.573. The Morgan fingerprint density at radius 1 is 0.585 bits per heavy atom. The molecule has 2 amide bonds. The average molecular weight is 551 g/mol. The summed E-state index contributed by atoms with van der Waals surface area (Å²) in [6.45, 7) is 7.80. The van der Waals surface area contributed by atoms with E-state index in [1.54, 1.807) is 0 Å². The molecule has 4 rings (SSSR count). The number of ether oxygens (including phenoxy) is 2. The predicted molar refractivity (Wildman–Crippen MR) is 165 cm³/mol. The molecular formula is C35H38N2O4. The van der Waals surface area contributed by atoms with Crippen LogP contribution in [0.5, 0.6) is 11.5 Å². The lowest BCUT2D eigenvalue weighted by Gasteiger charge is -2.19. The van der Waals surface area contributed by atoms with Crippen LogP contribution in [0.2, 0.25) is 0 Å². The second-order valence-electron chi connectivity index (χ2n) is 10.1. The first kappa shape index (κ1) is 29.4. The second-order valence-corrected chi connectivity index (χ2v) is 10.1. The highest BCUT2D eigenvalue weighted by Crippen LogP contribution is 2.22. The summed E-state index contributed by atoms with van der Waals surface area (Å²) < 4.78 is 11.9. The van der Waals surface area contributed by atoms with Gasteiger partial charge in [0.1, 0.15) is 11.5 Å². The van der Waals surface area contributed by atoms with E-state index in [1.165, 1.54) is 0 Å². The van der Waals surface area contributed by atoms with Crippen LogP contribution in [-0.4, -0.2) is 24.0 Å². The molecule has 2 unspecified atom stereocenters. The van der Waals surface area contributed by atoms with Crippen molar-refractivity contribution in [1.29, 1.82) is 0 Å². The maximum Gasteiger partial charge on any atom is 0.265 e. The summed E-state index contributed by atoms with van der Waals surface area (Å²) in [5, 5.41) is 5.93. The van der Waals surface area contributed by atoms with Crippen molar-refractivity contribution in [2.45, 2.75) is 59.2 Å². The highest BCUT2D eigenvalue weighted by atomic mass is 16.5. The number of carbonyl (C=O) groups excluding carboxylic acids is 2. The summed E-state index contributed by atoms with van der Waals surface area (Å²) in [4.78, 5) is 25.7. The fraction of sp³-hybridized carbons (Fsp3) is 0.257. The number of anilines is 2. The normalized spacial score (nSPS) is 12.2. The van der Waals surface area contributed by atoms with Gasteiger partial charge in [0.15, 0.2) is 12.2 Å². The lowest BCUT2D eigenvalue weighted by atomic mass is 10.0. The molecule has 4 aromatic carbocycles. The van der Waals surface area contributed by atoms with Gasteiger partial charge < -0.3 is 20.1 Å². The minimum absolute atomic E-state index is 0.171. The molecule has 212 valence electrons. The average Bonchev–Trinajstić information content (AvgIpc) is 2.98. The molecule has 4 aromatic rings. The number of hydrogen-bond donors (Lipinski definition) is 2. The Hall–Kier alpha value is -4.58. The molecule has 6 heteroatoms. The molecule has 0 aliphatic carbocycles. The van der Waals surface area contributed by atoms with Crippen molar-refractivity contribution in [2.75, 3.05) is 10.6 Å². The molecular weight excluding hydrogens is 512 g/mol. The summed E-state index contributed by atoms with van der Waals surface area (Å²) in [6.07, 6.45) is 0.707. The van der Waals surface area contributed by atoms with Gasteiger partial charge in [-0.3, -0.25) is 9.59 Å². The number of rotatable bonds is 12. The Bertz CT molecular complexity index is 1340. The quantitative estimate of drug-likeness (QED) is 0.192. The zero-order valence-corrected chi connectivity index (χ0v) is 24.1. The zero-order chi connectivity index (χ0) is 29.2. The highest BCUT2D eigenvalue weighted by molar-refractivity contribution is 5.95. The number of carbonyl (C=O) groups is 2. The first-order valence-corrected chi connectivity index (χ1v) is 14.1. The fourth-order valence-corrected chi connectivity index (χ4v) is 4.42. The van der Waals surface area contributed by atoms with E-state index >= 15 is 0 Å². The summed E-state index contributed by atoms with van der Waals surface area (Å²) in [6, 6.07) is 31.0. The number of nitrogens with one attached hydrogen (secondary N) is 2. The van der Waals surface area contributed by atoms with Crippen LogP contribution in [-0.2, 0) is 16.0 Å². The van der Waals surface area contributed by atoms with Crippen molar-refractivity contribution < 1.29 is 19.1 Å². The SMILES string of the molecule is CCC(Oc1ccccc1C)C(=O)Nc1ccc(Cc2ccc(NC(=O)C(CC)Oc3ccccc3C)cc2)cc1. The van der Waals surface area contributed by atoms with Gasteiger partial charge in [-0.2, -0.15) is 0 Å². The number of benzene rings is 4. The molecule has 0 fully saturated rings. The topological polar surface area (TPSA) is 76.7 Å². The van der Waals surface area contributed by atoms with Crippen LogP contribution in [0.25, 0.3) is 0 Å². The molecule has 0 aliphatic heterocycles. The molecule has 0 aliphatic rings. The van der Waals surface area contributed by atoms with Gasteiger partial charge in [-0.15, -0.1) is 0 Å². The first-order valence-electron chi connectivity index (χ1n) is 14.1. The third-order valence-electron chi connectivity index (χ3n) is 6.90. The molecule has 0 saturated carbocycles. The van der Waals surface area contributed by atoms with E-state index < -0.39 is 12.2 Å². The van der Waals surface area contributed by atoms with Crippen molar-refractivity contribution >= 4 is 23.2 Å². The van der Waals surface area contributed by atoms with Crippen molar-refractivity contribution in [2.24, 2.45) is 0 Å². The third-order valence-corrected chi connectivity index (χ3v) is 6.90. The van der Waals surface area contributed by atoms with Gasteiger partial charge >= 0.3 is 0 Å². The Kier molecular flexibility index (Phi) is 10.2. The number of para-hydroxylation sites is 2. The predicted octanol–water partition coefficient (Wildman–Crippen LogP) is 7.49. The molecule has 0 heterocycles. The molecule has 0 bridgehead atoms. The van der Waals surface area contributed by atoms with Gasteiger partial charge in [-0.25, -0.2) is 0 Å². The van der Waals surface area contributed by atoms with Crippen LogP contribution in [0.15, 0.2) is 97.1 Å². The number of aryl methyl sites for hydroxylation is 2. The monoisotopic (exact) mass is 550 g/mol. The standard InChI is InChI=1S/C35H38N2O4/c1-5-30(40-32-13-9-7-11-24(32)3)34(38)36-28-19-15-26(16-20-28)23-27-17-21-29(22-18-27)37-35(39)31(6-2)41-33-14-10-8-12-25(33)4/h7-22,30-31H,5-6,23H2,1-4H3,(H,36,38)(H,37,39). The molecule has 2 N–H and O–H groups in total. The summed E-state index contributed by atoms with van der Waals surface area (Å²) in [5.74, 6) is 1.10. The van der Waals surface area contributed by atoms with Crippen molar-refractivity contribution in [3.05, 3.63) is 119 Å². The highest BCUT2D eigenvalue weighted by Gasteiger charge is 2.20. The van der Waals surface area contributed by atoms with Crippen LogP contribution in [0, 0.1) is 13.8 Å². The van der Waals surface area contributed by atoms with Crippen molar-refractivity contribution in [1.82, 2.24) is 0 Å². The van der Waals surface area contributed by atoms with E-state index in [2.05, 4.69) is 10.6 Å². The Labute approximate surface area is 242 Å².